The molecule has 1 unspecified atom stereocenters. The second-order valence-corrected chi connectivity index (χ2v) is 8.60. The van der Waals surface area contributed by atoms with Crippen LogP contribution in [0.4, 0.5) is 5.69 Å². The third-order valence-corrected chi connectivity index (χ3v) is 6.14. The molecule has 0 bridgehead atoms. The highest BCUT2D eigenvalue weighted by molar-refractivity contribution is 6.30. The molecule has 162 valence electrons. The summed E-state index contributed by atoms with van der Waals surface area (Å²) in [6.45, 7) is 3.97. The summed E-state index contributed by atoms with van der Waals surface area (Å²) in [7, 11) is 0. The van der Waals surface area contributed by atoms with E-state index < -0.39 is 0 Å². The van der Waals surface area contributed by atoms with Crippen molar-refractivity contribution in [2.75, 3.05) is 5.32 Å². The van der Waals surface area contributed by atoms with Gasteiger partial charge in [-0.25, -0.2) is 9.67 Å². The van der Waals surface area contributed by atoms with Gasteiger partial charge < -0.3 is 9.88 Å². The Morgan fingerprint density at radius 2 is 1.97 bits per heavy atom. The van der Waals surface area contributed by atoms with Gasteiger partial charge >= 0.3 is 0 Å². The molecule has 1 N–H and O–H groups in total. The molecule has 1 amide bonds. The Morgan fingerprint density at radius 1 is 1.16 bits per heavy atom. The quantitative estimate of drug-likeness (QED) is 0.483. The van der Waals surface area contributed by atoms with E-state index in [1.165, 1.54) is 0 Å². The largest absolute Gasteiger partial charge is 0.321 e. The molecular weight excluding hydrogens is 424 g/mol. The summed E-state index contributed by atoms with van der Waals surface area (Å²) in [5, 5.41) is 12.3. The van der Waals surface area contributed by atoms with Crippen LogP contribution in [0.5, 0.6) is 0 Å². The monoisotopic (exact) mass is 446 g/mol. The molecule has 2 aromatic heterocycles. The van der Waals surface area contributed by atoms with Crippen LogP contribution in [0.25, 0.3) is 5.69 Å². The summed E-state index contributed by atoms with van der Waals surface area (Å²) >= 11 is 6.04. The zero-order valence-electron chi connectivity index (χ0n) is 17.9. The van der Waals surface area contributed by atoms with Crippen LogP contribution in [0.2, 0.25) is 5.02 Å². The van der Waals surface area contributed by atoms with Gasteiger partial charge in [-0.3, -0.25) is 4.79 Å². The Bertz CT molecular complexity index is 1290. The average Bonchev–Trinajstić information content (AvgIpc) is 3.41. The topological polar surface area (TPSA) is 77.6 Å². The standard InChI is InChI=1S/C24H23ClN6O/c1-15-12-19(10-11-20(15)30-13-16(2)26-14-30)27-24(32)23-22-5-3-4-21(31(22)29-28-23)17-6-8-18(25)9-7-17/h6-14,21H,3-5H2,1-2H3,(H,27,32). The lowest BCUT2D eigenvalue weighted by Crippen LogP contribution is -2.22. The lowest BCUT2D eigenvalue weighted by atomic mass is 9.96. The number of imidazole rings is 1. The third kappa shape index (κ3) is 3.80. The molecule has 1 aliphatic heterocycles. The van der Waals surface area contributed by atoms with E-state index in [0.29, 0.717) is 10.7 Å². The van der Waals surface area contributed by atoms with Crippen LogP contribution in [0.15, 0.2) is 55.0 Å². The first-order chi connectivity index (χ1) is 15.5. The Labute approximate surface area is 191 Å². The van der Waals surface area contributed by atoms with Crippen molar-refractivity contribution >= 4 is 23.2 Å². The van der Waals surface area contributed by atoms with Crippen molar-refractivity contribution in [1.29, 1.82) is 0 Å². The summed E-state index contributed by atoms with van der Waals surface area (Å²) in [4.78, 5) is 17.3. The van der Waals surface area contributed by atoms with Gasteiger partial charge in [-0.05, 0) is 74.6 Å². The fourth-order valence-electron chi connectivity index (χ4n) is 4.32. The second-order valence-electron chi connectivity index (χ2n) is 8.17. The molecule has 0 fully saturated rings. The van der Waals surface area contributed by atoms with Crippen molar-refractivity contribution in [2.24, 2.45) is 0 Å². The van der Waals surface area contributed by atoms with Crippen molar-refractivity contribution in [3.05, 3.63) is 88.2 Å². The molecule has 32 heavy (non-hydrogen) atoms. The molecule has 1 aliphatic rings. The van der Waals surface area contributed by atoms with E-state index in [1.807, 2.05) is 71.8 Å². The van der Waals surface area contributed by atoms with Crippen LogP contribution >= 0.6 is 11.6 Å². The number of hydrogen-bond donors (Lipinski definition) is 1. The van der Waals surface area contributed by atoms with E-state index in [0.717, 1.165) is 53.2 Å². The average molecular weight is 447 g/mol. The van der Waals surface area contributed by atoms with Gasteiger partial charge in [0.15, 0.2) is 5.69 Å². The van der Waals surface area contributed by atoms with Crippen molar-refractivity contribution in [3.8, 4) is 5.69 Å². The number of halogens is 1. The van der Waals surface area contributed by atoms with E-state index in [-0.39, 0.29) is 11.9 Å². The number of amides is 1. The predicted molar refractivity (Wildman–Crippen MR) is 124 cm³/mol. The Kier molecular flexibility index (Phi) is 5.27. The summed E-state index contributed by atoms with van der Waals surface area (Å²) in [5.74, 6) is -0.242. The van der Waals surface area contributed by atoms with Gasteiger partial charge in [-0.2, -0.15) is 0 Å². The van der Waals surface area contributed by atoms with Crippen LogP contribution in [0.3, 0.4) is 0 Å². The number of hydrogen-bond acceptors (Lipinski definition) is 4. The zero-order valence-corrected chi connectivity index (χ0v) is 18.7. The van der Waals surface area contributed by atoms with Crippen molar-refractivity contribution in [1.82, 2.24) is 24.5 Å². The third-order valence-electron chi connectivity index (χ3n) is 5.89. The van der Waals surface area contributed by atoms with Gasteiger partial charge in [-0.15, -0.1) is 5.10 Å². The number of fused-ring (bicyclic) bond motifs is 1. The maximum Gasteiger partial charge on any atom is 0.278 e. The molecule has 0 radical (unpaired) electrons. The molecule has 0 spiro atoms. The predicted octanol–water partition coefficient (Wildman–Crippen LogP) is 4.91. The maximum atomic E-state index is 13.0. The number of nitrogens with zero attached hydrogens (tertiary/aromatic N) is 5. The van der Waals surface area contributed by atoms with E-state index in [2.05, 4.69) is 20.6 Å². The van der Waals surface area contributed by atoms with Crippen LogP contribution in [-0.4, -0.2) is 30.5 Å². The maximum absolute atomic E-state index is 13.0. The number of aromatic nitrogens is 5. The number of carbonyl (C=O) groups excluding carboxylic acids is 1. The summed E-state index contributed by atoms with van der Waals surface area (Å²) in [6.07, 6.45) is 6.46. The summed E-state index contributed by atoms with van der Waals surface area (Å²) in [6, 6.07) is 13.7. The fraction of sp³-hybridized carbons (Fsp3) is 0.250. The fourth-order valence-corrected chi connectivity index (χ4v) is 4.44. The Hall–Kier alpha value is -3.45. The van der Waals surface area contributed by atoms with Gasteiger partial charge in [0.1, 0.15) is 0 Å². The van der Waals surface area contributed by atoms with E-state index in [9.17, 15) is 4.79 Å². The van der Waals surface area contributed by atoms with Gasteiger partial charge in [0.2, 0.25) is 0 Å². The normalized spacial score (nSPS) is 15.4. The number of anilines is 1. The minimum Gasteiger partial charge on any atom is -0.321 e. The second kappa shape index (κ2) is 8.24. The highest BCUT2D eigenvalue weighted by Crippen LogP contribution is 2.31. The van der Waals surface area contributed by atoms with Gasteiger partial charge in [0.25, 0.3) is 5.91 Å². The molecule has 5 rings (SSSR count). The molecule has 4 aromatic rings. The molecule has 0 aliphatic carbocycles. The smallest absolute Gasteiger partial charge is 0.278 e. The Balaban J connectivity index is 1.38. The lowest BCUT2D eigenvalue weighted by molar-refractivity contribution is 0.102. The molecule has 0 saturated carbocycles. The minimum atomic E-state index is -0.242. The number of benzene rings is 2. The van der Waals surface area contributed by atoms with Gasteiger partial charge in [-0.1, -0.05) is 28.9 Å². The molecule has 2 aromatic carbocycles. The Morgan fingerprint density at radius 3 is 2.69 bits per heavy atom. The molecular formula is C24H23ClN6O. The molecule has 3 heterocycles. The number of carbonyl (C=O) groups is 1. The van der Waals surface area contributed by atoms with Gasteiger partial charge in [0.05, 0.1) is 23.8 Å². The van der Waals surface area contributed by atoms with Crippen molar-refractivity contribution in [3.63, 3.8) is 0 Å². The van der Waals surface area contributed by atoms with Crippen LogP contribution in [0, 0.1) is 13.8 Å². The minimum absolute atomic E-state index is 0.0604. The zero-order chi connectivity index (χ0) is 22.2. The molecule has 0 saturated heterocycles. The molecule has 1 atom stereocenters. The van der Waals surface area contributed by atoms with E-state index in [1.54, 1.807) is 6.33 Å². The first-order valence-corrected chi connectivity index (χ1v) is 11.0. The van der Waals surface area contributed by atoms with Crippen molar-refractivity contribution < 1.29 is 4.79 Å². The highest BCUT2D eigenvalue weighted by Gasteiger charge is 2.28. The SMILES string of the molecule is Cc1cn(-c2ccc(NC(=O)c3nnn4c3CCCC4c3ccc(Cl)cc3)cc2C)cn1. The summed E-state index contributed by atoms with van der Waals surface area (Å²) in [5.41, 5.74) is 6.11. The van der Waals surface area contributed by atoms with Crippen LogP contribution in [0.1, 0.15) is 51.9 Å². The number of rotatable bonds is 4. The summed E-state index contributed by atoms with van der Waals surface area (Å²) < 4.78 is 3.86. The highest BCUT2D eigenvalue weighted by atomic mass is 35.5. The first kappa shape index (κ1) is 20.5. The molecule has 8 heteroatoms. The van der Waals surface area contributed by atoms with Gasteiger partial charge in [0, 0.05) is 22.6 Å². The number of aryl methyl sites for hydroxylation is 2. The number of nitrogens with one attached hydrogen (secondary N) is 1. The lowest BCUT2D eigenvalue weighted by Gasteiger charge is -2.24. The van der Waals surface area contributed by atoms with E-state index in [4.69, 9.17) is 11.6 Å². The van der Waals surface area contributed by atoms with Crippen LogP contribution < -0.4 is 5.32 Å². The van der Waals surface area contributed by atoms with Crippen molar-refractivity contribution in [2.45, 2.75) is 39.2 Å². The van der Waals surface area contributed by atoms with E-state index >= 15 is 0 Å². The first-order valence-electron chi connectivity index (χ1n) is 10.6. The molecule has 7 nitrogen and oxygen atoms in total. The van der Waals surface area contributed by atoms with Crippen LogP contribution in [-0.2, 0) is 6.42 Å².